The number of Topliss-reactive ketones (excluding diaryl/α,β-unsaturated/α-hetero) is 1. The number of carbonyl (C=O) groups is 1. The van der Waals surface area contributed by atoms with Gasteiger partial charge in [0.1, 0.15) is 11.6 Å². The first-order chi connectivity index (χ1) is 14.8. The van der Waals surface area contributed by atoms with Gasteiger partial charge < -0.3 is 9.42 Å². The van der Waals surface area contributed by atoms with Crippen LogP contribution in [0, 0.1) is 18.6 Å². The molecule has 1 saturated heterocycles. The van der Waals surface area contributed by atoms with Crippen LogP contribution in [0.25, 0.3) is 11.4 Å². The fraction of sp³-hybridized carbons (Fsp3) is 0.348. The van der Waals surface area contributed by atoms with Crippen molar-refractivity contribution in [2.75, 3.05) is 31.1 Å². The molecule has 2 aromatic carbocycles. The van der Waals surface area contributed by atoms with Gasteiger partial charge in [-0.2, -0.15) is 4.98 Å². The predicted molar refractivity (Wildman–Crippen MR) is 113 cm³/mol. The number of carbonyl (C=O) groups excluding carboxylic acids is 1. The monoisotopic (exact) mass is 426 g/mol. The van der Waals surface area contributed by atoms with Crippen LogP contribution in [0.5, 0.6) is 0 Å². The molecular formula is C23H24F2N4O2. The lowest BCUT2D eigenvalue weighted by atomic mass is 10.1. The Labute approximate surface area is 179 Å². The third kappa shape index (κ3) is 4.34. The Balaban J connectivity index is 1.42. The Hall–Kier alpha value is -3.13. The molecule has 1 unspecified atom stereocenters. The minimum atomic E-state index is -0.388. The molecule has 0 bridgehead atoms. The van der Waals surface area contributed by atoms with Gasteiger partial charge in [-0.25, -0.2) is 8.78 Å². The van der Waals surface area contributed by atoms with Crippen molar-refractivity contribution in [3.05, 3.63) is 65.1 Å². The van der Waals surface area contributed by atoms with Gasteiger partial charge in [-0.3, -0.25) is 9.69 Å². The standard InChI is InChI=1S/C23H24F2N4O2/c1-14-4-5-18(13-19(14)24)22-26-23(31-27-22)15(2)28-8-10-29(11-9-28)21-7-6-17(16(3)30)12-20(21)25/h4-7,12-13,15H,8-11H2,1-3H3. The molecule has 6 nitrogen and oxygen atoms in total. The Morgan fingerprint density at radius 2 is 1.81 bits per heavy atom. The summed E-state index contributed by atoms with van der Waals surface area (Å²) >= 11 is 0. The molecule has 8 heteroatoms. The second kappa shape index (κ2) is 8.55. The molecule has 0 radical (unpaired) electrons. The van der Waals surface area contributed by atoms with Gasteiger partial charge in [0.2, 0.25) is 11.7 Å². The van der Waals surface area contributed by atoms with Crippen LogP contribution < -0.4 is 4.90 Å². The smallest absolute Gasteiger partial charge is 0.244 e. The zero-order valence-corrected chi connectivity index (χ0v) is 17.7. The molecule has 1 aliphatic rings. The number of anilines is 1. The van der Waals surface area contributed by atoms with Crippen molar-refractivity contribution < 1.29 is 18.1 Å². The quantitative estimate of drug-likeness (QED) is 0.563. The van der Waals surface area contributed by atoms with E-state index in [1.54, 1.807) is 31.2 Å². The molecule has 1 atom stereocenters. The lowest BCUT2D eigenvalue weighted by Crippen LogP contribution is -2.47. The maximum Gasteiger partial charge on any atom is 0.244 e. The number of aromatic nitrogens is 2. The van der Waals surface area contributed by atoms with Crippen LogP contribution in [0.2, 0.25) is 0 Å². The zero-order chi connectivity index (χ0) is 22.1. The molecule has 2 heterocycles. The van der Waals surface area contributed by atoms with Crippen LogP contribution >= 0.6 is 0 Å². The summed E-state index contributed by atoms with van der Waals surface area (Å²) in [6, 6.07) is 9.34. The van der Waals surface area contributed by atoms with E-state index in [1.807, 2.05) is 11.8 Å². The van der Waals surface area contributed by atoms with E-state index in [-0.39, 0.29) is 23.5 Å². The van der Waals surface area contributed by atoms with Crippen molar-refractivity contribution in [2.24, 2.45) is 0 Å². The van der Waals surface area contributed by atoms with E-state index in [1.165, 1.54) is 19.1 Å². The molecule has 0 spiro atoms. The van der Waals surface area contributed by atoms with Gasteiger partial charge in [0.05, 0.1) is 11.7 Å². The zero-order valence-electron chi connectivity index (χ0n) is 17.7. The van der Waals surface area contributed by atoms with Gasteiger partial charge in [-0.1, -0.05) is 17.3 Å². The van der Waals surface area contributed by atoms with E-state index in [2.05, 4.69) is 15.0 Å². The van der Waals surface area contributed by atoms with Crippen molar-refractivity contribution in [3.8, 4) is 11.4 Å². The van der Waals surface area contributed by atoms with E-state index >= 15 is 0 Å². The molecule has 0 N–H and O–H groups in total. The summed E-state index contributed by atoms with van der Waals surface area (Å²) in [5.41, 5.74) is 2.00. The van der Waals surface area contributed by atoms with Crippen molar-refractivity contribution in [1.82, 2.24) is 15.0 Å². The molecular weight excluding hydrogens is 402 g/mol. The highest BCUT2D eigenvalue weighted by Gasteiger charge is 2.27. The Morgan fingerprint density at radius 1 is 1.06 bits per heavy atom. The Kier molecular flexibility index (Phi) is 5.82. The van der Waals surface area contributed by atoms with Gasteiger partial charge in [-0.15, -0.1) is 0 Å². The van der Waals surface area contributed by atoms with Gasteiger partial charge in [0.15, 0.2) is 5.78 Å². The average Bonchev–Trinajstić information content (AvgIpc) is 3.25. The van der Waals surface area contributed by atoms with Gasteiger partial charge >= 0.3 is 0 Å². The first-order valence-electron chi connectivity index (χ1n) is 10.2. The second-order valence-corrected chi connectivity index (χ2v) is 7.84. The highest BCUT2D eigenvalue weighted by atomic mass is 19.1. The lowest BCUT2D eigenvalue weighted by molar-refractivity contribution is 0.101. The van der Waals surface area contributed by atoms with E-state index in [0.29, 0.717) is 60.3 Å². The molecule has 31 heavy (non-hydrogen) atoms. The summed E-state index contributed by atoms with van der Waals surface area (Å²) in [5.74, 6) is -0.0394. The molecule has 3 aromatic rings. The number of nitrogens with zero attached hydrogens (tertiary/aromatic N) is 4. The molecule has 1 fully saturated rings. The number of hydrogen-bond donors (Lipinski definition) is 0. The maximum absolute atomic E-state index is 14.5. The first kappa shape index (κ1) is 21.1. The van der Waals surface area contributed by atoms with Crippen LogP contribution in [0.4, 0.5) is 14.5 Å². The Bertz CT molecular complexity index is 1110. The predicted octanol–water partition coefficient (Wildman–Crippen LogP) is 4.41. The first-order valence-corrected chi connectivity index (χ1v) is 10.2. The number of piperazine rings is 1. The normalized spacial score (nSPS) is 15.8. The number of ketones is 1. The number of hydrogen-bond acceptors (Lipinski definition) is 6. The van der Waals surface area contributed by atoms with E-state index in [9.17, 15) is 13.6 Å². The summed E-state index contributed by atoms with van der Waals surface area (Å²) in [7, 11) is 0. The van der Waals surface area contributed by atoms with Crippen LogP contribution in [0.3, 0.4) is 0 Å². The fourth-order valence-electron chi connectivity index (χ4n) is 3.74. The number of halogens is 2. The summed E-state index contributed by atoms with van der Waals surface area (Å²) in [6.45, 7) is 7.73. The van der Waals surface area contributed by atoms with Crippen molar-refractivity contribution in [1.29, 1.82) is 0 Å². The lowest BCUT2D eigenvalue weighted by Gasteiger charge is -2.38. The minimum absolute atomic E-state index is 0.122. The Morgan fingerprint density at radius 3 is 2.45 bits per heavy atom. The fourth-order valence-corrected chi connectivity index (χ4v) is 3.74. The summed E-state index contributed by atoms with van der Waals surface area (Å²) in [5, 5.41) is 4.00. The van der Waals surface area contributed by atoms with Gasteiger partial charge in [-0.05, 0) is 50.6 Å². The van der Waals surface area contributed by atoms with E-state index < -0.39 is 0 Å². The third-order valence-electron chi connectivity index (χ3n) is 5.79. The van der Waals surface area contributed by atoms with Crippen LogP contribution in [0.1, 0.15) is 41.7 Å². The number of rotatable bonds is 5. The molecule has 0 aliphatic carbocycles. The summed E-state index contributed by atoms with van der Waals surface area (Å²) < 4.78 is 33.8. The summed E-state index contributed by atoms with van der Waals surface area (Å²) in [6.07, 6.45) is 0. The number of benzene rings is 2. The van der Waals surface area contributed by atoms with Gasteiger partial charge in [0, 0.05) is 37.3 Å². The molecule has 4 rings (SSSR count). The van der Waals surface area contributed by atoms with Crippen LogP contribution in [0.15, 0.2) is 40.9 Å². The van der Waals surface area contributed by atoms with E-state index in [0.717, 1.165) is 0 Å². The average molecular weight is 426 g/mol. The molecule has 162 valence electrons. The number of aryl methyl sites for hydroxylation is 1. The SMILES string of the molecule is CC(=O)c1ccc(N2CCN(C(C)c3nc(-c4ccc(C)c(F)c4)no3)CC2)c(F)c1. The molecule has 0 amide bonds. The van der Waals surface area contributed by atoms with E-state index in [4.69, 9.17) is 4.52 Å². The molecule has 0 saturated carbocycles. The minimum Gasteiger partial charge on any atom is -0.367 e. The highest BCUT2D eigenvalue weighted by Crippen LogP contribution is 2.27. The maximum atomic E-state index is 14.5. The van der Waals surface area contributed by atoms with Gasteiger partial charge in [0.25, 0.3) is 0 Å². The highest BCUT2D eigenvalue weighted by molar-refractivity contribution is 5.94. The van der Waals surface area contributed by atoms with Crippen LogP contribution in [-0.4, -0.2) is 47.0 Å². The molecule has 1 aromatic heterocycles. The van der Waals surface area contributed by atoms with Crippen molar-refractivity contribution >= 4 is 11.5 Å². The second-order valence-electron chi connectivity index (χ2n) is 7.84. The third-order valence-corrected chi connectivity index (χ3v) is 5.79. The topological polar surface area (TPSA) is 62.5 Å². The van der Waals surface area contributed by atoms with Crippen LogP contribution in [-0.2, 0) is 0 Å². The molecule has 1 aliphatic heterocycles. The largest absolute Gasteiger partial charge is 0.367 e. The van der Waals surface area contributed by atoms with Crippen molar-refractivity contribution in [3.63, 3.8) is 0 Å². The van der Waals surface area contributed by atoms with Crippen molar-refractivity contribution in [2.45, 2.75) is 26.8 Å². The summed E-state index contributed by atoms with van der Waals surface area (Å²) in [4.78, 5) is 20.0.